The Labute approximate surface area is 193 Å². The molecule has 2 saturated carbocycles. The first-order valence-corrected chi connectivity index (χ1v) is 12.1. The molecule has 4 unspecified atom stereocenters. The van der Waals surface area contributed by atoms with Crippen molar-refractivity contribution in [3.8, 4) is 11.1 Å². The van der Waals surface area contributed by atoms with E-state index in [0.29, 0.717) is 29.9 Å². The van der Waals surface area contributed by atoms with E-state index in [1.54, 1.807) is 6.08 Å². The highest BCUT2D eigenvalue weighted by molar-refractivity contribution is 5.66. The summed E-state index contributed by atoms with van der Waals surface area (Å²) in [5.41, 5.74) is 0.0548. The normalized spacial score (nSPS) is 25.0. The molecule has 5 heteroatoms. The molecule has 0 aromatic heterocycles. The Hall–Kier alpha value is -2.14. The Morgan fingerprint density at radius 3 is 2.15 bits per heavy atom. The lowest BCUT2D eigenvalue weighted by Crippen LogP contribution is -2.33. The van der Waals surface area contributed by atoms with Crippen molar-refractivity contribution >= 4 is 0 Å². The van der Waals surface area contributed by atoms with Crippen molar-refractivity contribution < 1.29 is 22.3 Å². The van der Waals surface area contributed by atoms with Crippen molar-refractivity contribution in [3.05, 3.63) is 71.3 Å². The van der Waals surface area contributed by atoms with Gasteiger partial charge < -0.3 is 4.74 Å². The lowest BCUT2D eigenvalue weighted by molar-refractivity contribution is -0.00957. The topological polar surface area (TPSA) is 9.23 Å². The van der Waals surface area contributed by atoms with Gasteiger partial charge in [-0.15, -0.1) is 6.58 Å². The lowest BCUT2D eigenvalue weighted by atomic mass is 9.65. The quantitative estimate of drug-likeness (QED) is 0.299. The summed E-state index contributed by atoms with van der Waals surface area (Å²) >= 11 is 0. The maximum absolute atomic E-state index is 15.1. The minimum atomic E-state index is -0.796. The lowest BCUT2D eigenvalue weighted by Gasteiger charge is -2.42. The van der Waals surface area contributed by atoms with Gasteiger partial charge in [0.2, 0.25) is 0 Å². The van der Waals surface area contributed by atoms with Crippen LogP contribution >= 0.6 is 0 Å². The second-order valence-electron chi connectivity index (χ2n) is 9.53. The summed E-state index contributed by atoms with van der Waals surface area (Å²) in [4.78, 5) is 0. The van der Waals surface area contributed by atoms with Crippen LogP contribution in [0.4, 0.5) is 17.6 Å². The summed E-state index contributed by atoms with van der Waals surface area (Å²) in [7, 11) is 0. The van der Waals surface area contributed by atoms with Gasteiger partial charge in [0.05, 0.1) is 11.7 Å². The molecule has 0 heterocycles. The molecule has 0 spiro atoms. The van der Waals surface area contributed by atoms with E-state index < -0.39 is 23.3 Å². The third kappa shape index (κ3) is 5.18. The Morgan fingerprint density at radius 2 is 1.52 bits per heavy atom. The molecule has 33 heavy (non-hydrogen) atoms. The number of ether oxygens (including phenoxy) is 1. The monoisotopic (exact) mass is 460 g/mol. The van der Waals surface area contributed by atoms with Gasteiger partial charge in [-0.1, -0.05) is 6.08 Å². The molecule has 4 rings (SSSR count). The van der Waals surface area contributed by atoms with E-state index >= 15 is 8.78 Å². The van der Waals surface area contributed by atoms with Gasteiger partial charge in [-0.05, 0) is 111 Å². The first-order chi connectivity index (χ1) is 15.9. The molecule has 2 aliphatic rings. The number of halogens is 4. The maximum Gasteiger partial charge on any atom is 0.134 e. The molecular weight excluding hydrogens is 428 g/mol. The van der Waals surface area contributed by atoms with E-state index in [-0.39, 0.29) is 29.0 Å². The molecule has 0 aliphatic heterocycles. The molecule has 178 valence electrons. The van der Waals surface area contributed by atoms with Crippen LogP contribution in [0.25, 0.3) is 11.1 Å². The molecular formula is C28H32F4O. The van der Waals surface area contributed by atoms with Gasteiger partial charge in [-0.25, -0.2) is 17.6 Å². The molecule has 1 nitrogen and oxygen atoms in total. The van der Waals surface area contributed by atoms with Crippen LogP contribution in [-0.2, 0) is 11.2 Å². The van der Waals surface area contributed by atoms with E-state index in [0.717, 1.165) is 57.3 Å². The minimum absolute atomic E-state index is 0.0908. The standard InChI is InChI=1S/C28H32F4O/c1-3-5-6-23-24(29)15-21(16-25(23)30)28-26(31)13-20(14-27(28)32)18-7-8-19-12-22(33-4-2)10-9-17(19)11-18/h3,13-19,22H,1,4-12H2,2H3. The number of hydrogen-bond acceptors (Lipinski definition) is 1. The Kier molecular flexibility index (Phi) is 7.58. The fourth-order valence-corrected chi connectivity index (χ4v) is 5.87. The Morgan fingerprint density at radius 1 is 0.879 bits per heavy atom. The van der Waals surface area contributed by atoms with Crippen molar-refractivity contribution in [3.63, 3.8) is 0 Å². The van der Waals surface area contributed by atoms with Crippen molar-refractivity contribution in [1.82, 2.24) is 0 Å². The number of allylic oxidation sites excluding steroid dienone is 1. The number of rotatable bonds is 7. The zero-order valence-electron chi connectivity index (χ0n) is 19.2. The summed E-state index contributed by atoms with van der Waals surface area (Å²) in [6.07, 6.45) is 8.53. The summed E-state index contributed by atoms with van der Waals surface area (Å²) in [5.74, 6) is -1.87. The smallest absolute Gasteiger partial charge is 0.134 e. The summed E-state index contributed by atoms with van der Waals surface area (Å²) in [6.45, 7) is 6.31. The predicted molar refractivity (Wildman–Crippen MR) is 123 cm³/mol. The second-order valence-corrected chi connectivity index (χ2v) is 9.53. The average molecular weight is 461 g/mol. The maximum atomic E-state index is 15.1. The molecule has 0 bridgehead atoms. The fourth-order valence-electron chi connectivity index (χ4n) is 5.87. The fraction of sp³-hybridized carbons (Fsp3) is 0.500. The summed E-state index contributed by atoms with van der Waals surface area (Å²) in [6, 6.07) is 4.75. The van der Waals surface area contributed by atoms with Crippen LogP contribution < -0.4 is 0 Å². The van der Waals surface area contributed by atoms with Gasteiger partial charge in [0, 0.05) is 12.2 Å². The number of hydrogen-bond donors (Lipinski definition) is 0. The second kappa shape index (κ2) is 10.4. The van der Waals surface area contributed by atoms with Gasteiger partial charge in [-0.2, -0.15) is 0 Å². The van der Waals surface area contributed by atoms with Crippen LogP contribution in [0.3, 0.4) is 0 Å². The van der Waals surface area contributed by atoms with E-state index in [1.807, 2.05) is 6.92 Å². The molecule has 0 N–H and O–H groups in total. The van der Waals surface area contributed by atoms with Crippen LogP contribution in [-0.4, -0.2) is 12.7 Å². The summed E-state index contributed by atoms with van der Waals surface area (Å²) in [5, 5.41) is 0. The number of fused-ring (bicyclic) bond motifs is 1. The molecule has 2 aromatic rings. The first-order valence-electron chi connectivity index (χ1n) is 12.1. The highest BCUT2D eigenvalue weighted by Gasteiger charge is 2.36. The molecule has 0 radical (unpaired) electrons. The molecule has 2 aromatic carbocycles. The van der Waals surface area contributed by atoms with E-state index in [4.69, 9.17) is 4.74 Å². The van der Waals surface area contributed by atoms with Gasteiger partial charge >= 0.3 is 0 Å². The van der Waals surface area contributed by atoms with Crippen molar-refractivity contribution in [2.45, 2.75) is 70.3 Å². The molecule has 2 aliphatic carbocycles. The van der Waals surface area contributed by atoms with Gasteiger partial charge in [0.1, 0.15) is 23.3 Å². The SMILES string of the molecule is C=CCCc1c(F)cc(-c2c(F)cc(C3CCC4CC(OCC)CCC4C3)cc2F)cc1F. The largest absolute Gasteiger partial charge is 0.378 e. The van der Waals surface area contributed by atoms with Crippen molar-refractivity contribution in [2.24, 2.45) is 11.8 Å². The van der Waals surface area contributed by atoms with Gasteiger partial charge in [0.25, 0.3) is 0 Å². The predicted octanol–water partition coefficient (Wildman–Crippen LogP) is 8.12. The van der Waals surface area contributed by atoms with Gasteiger partial charge in [-0.3, -0.25) is 0 Å². The highest BCUT2D eigenvalue weighted by atomic mass is 19.1. The van der Waals surface area contributed by atoms with Gasteiger partial charge in [0.15, 0.2) is 0 Å². The first kappa shape index (κ1) is 24.0. The van der Waals surface area contributed by atoms with Crippen LogP contribution in [0.5, 0.6) is 0 Å². The molecule has 4 atom stereocenters. The van der Waals surface area contributed by atoms with Crippen molar-refractivity contribution in [2.75, 3.05) is 6.61 Å². The Balaban J connectivity index is 1.53. The van der Waals surface area contributed by atoms with Crippen LogP contribution in [0.2, 0.25) is 0 Å². The highest BCUT2D eigenvalue weighted by Crippen LogP contribution is 2.47. The molecule has 0 saturated heterocycles. The third-order valence-electron chi connectivity index (χ3n) is 7.53. The third-order valence-corrected chi connectivity index (χ3v) is 7.53. The molecule has 0 amide bonds. The van der Waals surface area contributed by atoms with E-state index in [2.05, 4.69) is 6.58 Å². The zero-order valence-corrected chi connectivity index (χ0v) is 19.2. The molecule has 2 fully saturated rings. The average Bonchev–Trinajstić information content (AvgIpc) is 2.78. The van der Waals surface area contributed by atoms with E-state index in [9.17, 15) is 8.78 Å². The van der Waals surface area contributed by atoms with Crippen molar-refractivity contribution in [1.29, 1.82) is 0 Å². The van der Waals surface area contributed by atoms with Crippen LogP contribution in [0.1, 0.15) is 68.9 Å². The van der Waals surface area contributed by atoms with Crippen LogP contribution in [0.15, 0.2) is 36.9 Å². The van der Waals surface area contributed by atoms with Crippen LogP contribution in [0, 0.1) is 35.1 Å². The van der Waals surface area contributed by atoms with E-state index in [1.165, 1.54) is 12.1 Å². The minimum Gasteiger partial charge on any atom is -0.378 e. The summed E-state index contributed by atoms with van der Waals surface area (Å²) < 4.78 is 64.9. The number of benzene rings is 2. The zero-order chi connectivity index (χ0) is 23.5. The Bertz CT molecular complexity index is 955.